The molecule has 0 spiro atoms. The van der Waals surface area contributed by atoms with Crippen LogP contribution in [0.25, 0.3) is 0 Å². The predicted octanol–water partition coefficient (Wildman–Crippen LogP) is 3.14. The number of rotatable bonds is 2. The highest BCUT2D eigenvalue weighted by Gasteiger charge is 2.41. The van der Waals surface area contributed by atoms with Crippen LogP contribution in [0.3, 0.4) is 0 Å². The van der Waals surface area contributed by atoms with Crippen LogP contribution in [0.1, 0.15) is 20.3 Å². The summed E-state index contributed by atoms with van der Waals surface area (Å²) < 4.78 is 1.02. The monoisotopic (exact) mass is 297 g/mol. The summed E-state index contributed by atoms with van der Waals surface area (Å²) in [5, 5.41) is 9.13. The molecule has 0 aromatic heterocycles. The molecule has 4 heteroatoms. The van der Waals surface area contributed by atoms with Crippen LogP contribution in [0, 0.1) is 5.92 Å². The number of hydrogen-bond donors (Lipinski definition) is 1. The van der Waals surface area contributed by atoms with Gasteiger partial charge in [-0.2, -0.15) is 0 Å². The van der Waals surface area contributed by atoms with Crippen LogP contribution < -0.4 is 4.90 Å². The van der Waals surface area contributed by atoms with Gasteiger partial charge in [0.25, 0.3) is 0 Å². The predicted molar refractivity (Wildman–Crippen MR) is 71.3 cm³/mol. The molecule has 0 aliphatic carbocycles. The Kier molecular flexibility index (Phi) is 3.17. The molecule has 1 aromatic rings. The first kappa shape index (κ1) is 12.4. The molecule has 0 amide bonds. The second-order valence-electron chi connectivity index (χ2n) is 5.14. The van der Waals surface area contributed by atoms with Gasteiger partial charge in [-0.15, -0.1) is 0 Å². The normalized spacial score (nSPS) is 22.8. The molecule has 1 fully saturated rings. The molecule has 1 atom stereocenters. The molecule has 1 aliphatic rings. The molecule has 1 aromatic carbocycles. The van der Waals surface area contributed by atoms with Crippen molar-refractivity contribution < 1.29 is 9.90 Å². The zero-order valence-electron chi connectivity index (χ0n) is 9.98. The van der Waals surface area contributed by atoms with E-state index < -0.39 is 5.97 Å². The molecule has 1 saturated heterocycles. The Balaban J connectivity index is 2.29. The minimum absolute atomic E-state index is 0.107. The molecule has 1 heterocycles. The molecule has 1 aliphatic heterocycles. The van der Waals surface area contributed by atoms with Crippen LogP contribution in [-0.4, -0.2) is 23.2 Å². The molecule has 0 saturated carbocycles. The van der Waals surface area contributed by atoms with Crippen LogP contribution >= 0.6 is 15.9 Å². The molecule has 1 unspecified atom stereocenters. The van der Waals surface area contributed by atoms with Gasteiger partial charge in [0.15, 0.2) is 0 Å². The average molecular weight is 298 g/mol. The largest absolute Gasteiger partial charge is 0.481 e. The van der Waals surface area contributed by atoms with Gasteiger partial charge in [0.05, 0.1) is 5.92 Å². The van der Waals surface area contributed by atoms with Crippen molar-refractivity contribution in [2.75, 3.05) is 11.4 Å². The number of hydrogen-bond acceptors (Lipinski definition) is 2. The van der Waals surface area contributed by atoms with Gasteiger partial charge in [0.2, 0.25) is 0 Å². The lowest BCUT2D eigenvalue weighted by molar-refractivity contribution is -0.141. The number of aliphatic carboxylic acids is 1. The summed E-state index contributed by atoms with van der Waals surface area (Å²) in [4.78, 5) is 13.3. The Bertz CT molecular complexity index is 445. The third-order valence-corrected chi connectivity index (χ3v) is 3.84. The highest BCUT2D eigenvalue weighted by molar-refractivity contribution is 9.10. The van der Waals surface area contributed by atoms with Crippen LogP contribution in [0.2, 0.25) is 0 Å². The second-order valence-corrected chi connectivity index (χ2v) is 6.06. The Hall–Kier alpha value is -1.03. The summed E-state index contributed by atoms with van der Waals surface area (Å²) in [5.41, 5.74) is 0.970. The summed E-state index contributed by atoms with van der Waals surface area (Å²) in [6, 6.07) is 8.01. The van der Waals surface area contributed by atoms with Crippen molar-refractivity contribution in [2.45, 2.75) is 25.8 Å². The van der Waals surface area contributed by atoms with Gasteiger partial charge in [0.1, 0.15) is 0 Å². The van der Waals surface area contributed by atoms with E-state index in [1.807, 2.05) is 24.3 Å². The summed E-state index contributed by atoms with van der Waals surface area (Å²) in [6.07, 6.45) is 0.689. The molecule has 92 valence electrons. The van der Waals surface area contributed by atoms with E-state index in [1.165, 1.54) is 0 Å². The van der Waals surface area contributed by atoms with E-state index in [1.54, 1.807) is 0 Å². The maximum Gasteiger partial charge on any atom is 0.308 e. The smallest absolute Gasteiger partial charge is 0.308 e. The third kappa shape index (κ3) is 2.46. The van der Waals surface area contributed by atoms with Crippen LogP contribution in [0.15, 0.2) is 28.7 Å². The first-order valence-corrected chi connectivity index (χ1v) is 6.45. The van der Waals surface area contributed by atoms with Gasteiger partial charge in [-0.1, -0.05) is 22.0 Å². The quantitative estimate of drug-likeness (QED) is 0.912. The van der Waals surface area contributed by atoms with E-state index in [4.69, 9.17) is 5.11 Å². The van der Waals surface area contributed by atoms with E-state index in [0.29, 0.717) is 13.0 Å². The molecular formula is C13H16BrNO2. The molecule has 17 heavy (non-hydrogen) atoms. The van der Waals surface area contributed by atoms with Crippen molar-refractivity contribution in [1.82, 2.24) is 0 Å². The zero-order valence-corrected chi connectivity index (χ0v) is 11.6. The number of benzene rings is 1. The van der Waals surface area contributed by atoms with E-state index in [9.17, 15) is 4.79 Å². The van der Waals surface area contributed by atoms with Gasteiger partial charge in [-0.05, 0) is 38.5 Å². The number of carboxylic acids is 1. The summed E-state index contributed by atoms with van der Waals surface area (Å²) in [6.45, 7) is 4.77. The van der Waals surface area contributed by atoms with Gasteiger partial charge < -0.3 is 10.0 Å². The van der Waals surface area contributed by atoms with Gasteiger partial charge in [-0.3, -0.25) is 4.79 Å². The Morgan fingerprint density at radius 1 is 1.53 bits per heavy atom. The van der Waals surface area contributed by atoms with E-state index in [0.717, 1.165) is 10.2 Å². The molecular weight excluding hydrogens is 282 g/mol. The highest BCUT2D eigenvalue weighted by atomic mass is 79.9. The number of nitrogens with zero attached hydrogens (tertiary/aromatic N) is 1. The number of anilines is 1. The van der Waals surface area contributed by atoms with Crippen molar-refractivity contribution >= 4 is 27.6 Å². The van der Waals surface area contributed by atoms with Gasteiger partial charge >= 0.3 is 5.97 Å². The van der Waals surface area contributed by atoms with E-state index >= 15 is 0 Å². The lowest BCUT2D eigenvalue weighted by Crippen LogP contribution is -2.38. The lowest BCUT2D eigenvalue weighted by Gasteiger charge is -2.33. The minimum Gasteiger partial charge on any atom is -0.481 e. The summed E-state index contributed by atoms with van der Waals surface area (Å²) >= 11 is 3.45. The molecule has 2 rings (SSSR count). The van der Waals surface area contributed by atoms with Crippen LogP contribution in [0.4, 0.5) is 5.69 Å². The fraction of sp³-hybridized carbons (Fsp3) is 0.462. The van der Waals surface area contributed by atoms with Crippen LogP contribution in [-0.2, 0) is 4.79 Å². The first-order chi connectivity index (χ1) is 7.90. The van der Waals surface area contributed by atoms with Gasteiger partial charge in [0, 0.05) is 22.2 Å². The number of carboxylic acid groups (broad SMARTS) is 1. The second kappa shape index (κ2) is 4.33. The third-order valence-electron chi connectivity index (χ3n) is 3.35. The molecule has 0 bridgehead atoms. The average Bonchev–Trinajstić information content (AvgIpc) is 2.54. The molecule has 0 radical (unpaired) electrons. The van der Waals surface area contributed by atoms with Crippen molar-refractivity contribution in [3.63, 3.8) is 0 Å². The van der Waals surface area contributed by atoms with Crippen LogP contribution in [0.5, 0.6) is 0 Å². The van der Waals surface area contributed by atoms with Crippen molar-refractivity contribution in [3.05, 3.63) is 28.7 Å². The number of carbonyl (C=O) groups is 1. The minimum atomic E-state index is -0.699. The van der Waals surface area contributed by atoms with Crippen molar-refractivity contribution in [1.29, 1.82) is 0 Å². The fourth-order valence-electron chi connectivity index (χ4n) is 2.51. The Morgan fingerprint density at radius 2 is 2.24 bits per heavy atom. The zero-order chi connectivity index (χ0) is 12.6. The first-order valence-electron chi connectivity index (χ1n) is 5.66. The molecule has 1 N–H and O–H groups in total. The van der Waals surface area contributed by atoms with Crippen molar-refractivity contribution in [2.24, 2.45) is 5.92 Å². The Morgan fingerprint density at radius 3 is 2.76 bits per heavy atom. The fourth-order valence-corrected chi connectivity index (χ4v) is 2.90. The lowest BCUT2D eigenvalue weighted by atomic mass is 9.96. The standard InChI is InChI=1S/C13H16BrNO2/c1-13(2)7-9(12(16)17)8-15(13)11-5-3-4-10(14)6-11/h3-6,9H,7-8H2,1-2H3,(H,16,17). The van der Waals surface area contributed by atoms with Crippen molar-refractivity contribution in [3.8, 4) is 0 Å². The maximum atomic E-state index is 11.1. The highest BCUT2D eigenvalue weighted by Crippen LogP contribution is 2.37. The van der Waals surface area contributed by atoms with Gasteiger partial charge in [-0.25, -0.2) is 0 Å². The summed E-state index contributed by atoms with van der Waals surface area (Å²) in [5.74, 6) is -0.973. The SMILES string of the molecule is CC1(C)CC(C(=O)O)CN1c1cccc(Br)c1. The van der Waals surface area contributed by atoms with E-state index in [2.05, 4.69) is 34.7 Å². The number of halogens is 1. The summed E-state index contributed by atoms with van der Waals surface area (Å²) in [7, 11) is 0. The maximum absolute atomic E-state index is 11.1. The van der Waals surface area contributed by atoms with E-state index in [-0.39, 0.29) is 11.5 Å². The topological polar surface area (TPSA) is 40.5 Å². The molecule has 3 nitrogen and oxygen atoms in total. The Labute approximate surface area is 110 Å².